The molecule has 4 atom stereocenters. The van der Waals surface area contributed by atoms with Gasteiger partial charge in [-0.05, 0) is 44.4 Å². The lowest BCUT2D eigenvalue weighted by molar-refractivity contribution is -0.107. The van der Waals surface area contributed by atoms with E-state index in [0.717, 1.165) is 58.9 Å². The number of hydrogen-bond acceptors (Lipinski definition) is 5. The number of fused-ring (bicyclic) bond motifs is 1. The molecule has 0 aromatic carbocycles. The lowest BCUT2D eigenvalue weighted by atomic mass is 9.98. The second kappa shape index (κ2) is 7.79. The van der Waals surface area contributed by atoms with Crippen LogP contribution in [0.5, 0.6) is 0 Å². The summed E-state index contributed by atoms with van der Waals surface area (Å²) in [6, 6.07) is 1.25. The van der Waals surface area contributed by atoms with Crippen LogP contribution in [0, 0.1) is 5.92 Å². The summed E-state index contributed by atoms with van der Waals surface area (Å²) < 4.78 is 23.3. The molecule has 0 bridgehead atoms. The Labute approximate surface area is 139 Å². The molecule has 4 heterocycles. The standard InChI is InChI=1S/C18H31NO4/c1-2-17-18(3-7-19(17)15-6-10-21-12-15)23-16(1)13-22-11-14-4-8-20-9-5-14/h14-18H,1-13H2/t15?,16-,17-,18-/m0/s1. The van der Waals surface area contributed by atoms with Crippen LogP contribution in [-0.2, 0) is 18.9 Å². The van der Waals surface area contributed by atoms with Crippen LogP contribution in [0.15, 0.2) is 0 Å². The molecule has 0 aromatic heterocycles. The van der Waals surface area contributed by atoms with E-state index in [0.29, 0.717) is 30.2 Å². The second-order valence-corrected chi connectivity index (χ2v) is 7.58. The van der Waals surface area contributed by atoms with Gasteiger partial charge in [-0.2, -0.15) is 0 Å². The van der Waals surface area contributed by atoms with Crippen molar-refractivity contribution in [1.29, 1.82) is 0 Å². The molecule has 0 saturated carbocycles. The van der Waals surface area contributed by atoms with Gasteiger partial charge >= 0.3 is 0 Å². The Balaban J connectivity index is 1.19. The Bertz CT molecular complexity index is 368. The molecular weight excluding hydrogens is 294 g/mol. The van der Waals surface area contributed by atoms with Crippen LogP contribution in [0.3, 0.4) is 0 Å². The third kappa shape index (κ3) is 3.90. The molecule has 0 amide bonds. The van der Waals surface area contributed by atoms with Gasteiger partial charge in [-0.1, -0.05) is 0 Å². The summed E-state index contributed by atoms with van der Waals surface area (Å²) in [5, 5.41) is 0. The van der Waals surface area contributed by atoms with Gasteiger partial charge in [-0.25, -0.2) is 0 Å². The molecule has 0 N–H and O–H groups in total. The summed E-state index contributed by atoms with van der Waals surface area (Å²) in [6.07, 6.45) is 7.78. The Morgan fingerprint density at radius 3 is 2.57 bits per heavy atom. The summed E-state index contributed by atoms with van der Waals surface area (Å²) in [5.74, 6) is 0.685. The monoisotopic (exact) mass is 325 g/mol. The normalized spacial score (nSPS) is 39.7. The molecule has 0 aliphatic carbocycles. The molecular formula is C18H31NO4. The Morgan fingerprint density at radius 1 is 0.870 bits per heavy atom. The first kappa shape index (κ1) is 16.3. The highest BCUT2D eigenvalue weighted by atomic mass is 16.5. The maximum atomic E-state index is 6.36. The van der Waals surface area contributed by atoms with Crippen molar-refractivity contribution < 1.29 is 18.9 Å². The van der Waals surface area contributed by atoms with E-state index in [-0.39, 0.29) is 0 Å². The molecule has 5 heteroatoms. The van der Waals surface area contributed by atoms with E-state index >= 15 is 0 Å². The molecule has 0 spiro atoms. The van der Waals surface area contributed by atoms with Crippen molar-refractivity contribution in [2.45, 2.75) is 62.8 Å². The summed E-state index contributed by atoms with van der Waals surface area (Å²) in [4.78, 5) is 2.66. The van der Waals surface area contributed by atoms with Crippen LogP contribution < -0.4 is 0 Å². The molecule has 0 aromatic rings. The van der Waals surface area contributed by atoms with Crippen LogP contribution in [-0.4, -0.2) is 75.4 Å². The fourth-order valence-electron chi connectivity index (χ4n) is 4.67. The SMILES string of the molecule is C1CC(COC[C@@H]2CC[C@H]3[C@H](CCN3C3CCOC3)O2)CCO1. The molecule has 4 aliphatic rings. The second-order valence-electron chi connectivity index (χ2n) is 7.58. The Hall–Kier alpha value is -0.200. The minimum atomic E-state index is 0.302. The van der Waals surface area contributed by atoms with E-state index < -0.39 is 0 Å². The van der Waals surface area contributed by atoms with E-state index in [1.54, 1.807) is 0 Å². The number of ether oxygens (including phenoxy) is 4. The topological polar surface area (TPSA) is 40.2 Å². The van der Waals surface area contributed by atoms with Crippen molar-refractivity contribution in [3.05, 3.63) is 0 Å². The fraction of sp³-hybridized carbons (Fsp3) is 1.00. The molecule has 4 aliphatic heterocycles. The summed E-state index contributed by atoms with van der Waals surface area (Å²) >= 11 is 0. The summed E-state index contributed by atoms with van der Waals surface area (Å²) in [5.41, 5.74) is 0. The number of nitrogens with zero attached hydrogens (tertiary/aromatic N) is 1. The van der Waals surface area contributed by atoms with E-state index in [1.165, 1.54) is 25.8 Å². The first-order valence-electron chi connectivity index (χ1n) is 9.54. The molecule has 4 rings (SSSR count). The van der Waals surface area contributed by atoms with Gasteiger partial charge in [0.05, 0.1) is 25.4 Å². The van der Waals surface area contributed by atoms with Crippen LogP contribution in [0.4, 0.5) is 0 Å². The smallest absolute Gasteiger partial charge is 0.0813 e. The summed E-state index contributed by atoms with van der Waals surface area (Å²) in [6.45, 7) is 6.48. The molecule has 5 nitrogen and oxygen atoms in total. The molecule has 0 radical (unpaired) electrons. The molecule has 23 heavy (non-hydrogen) atoms. The van der Waals surface area contributed by atoms with Gasteiger partial charge in [0.1, 0.15) is 0 Å². The minimum Gasteiger partial charge on any atom is -0.381 e. The first-order valence-corrected chi connectivity index (χ1v) is 9.54. The van der Waals surface area contributed by atoms with Crippen molar-refractivity contribution >= 4 is 0 Å². The quantitative estimate of drug-likeness (QED) is 0.771. The average Bonchev–Trinajstić information content (AvgIpc) is 3.24. The van der Waals surface area contributed by atoms with Gasteiger partial charge < -0.3 is 18.9 Å². The van der Waals surface area contributed by atoms with E-state index in [9.17, 15) is 0 Å². The molecule has 4 fully saturated rings. The number of likely N-dealkylation sites (tertiary alicyclic amines) is 1. The highest BCUT2D eigenvalue weighted by molar-refractivity contribution is 4.96. The Morgan fingerprint density at radius 2 is 1.74 bits per heavy atom. The van der Waals surface area contributed by atoms with Gasteiger partial charge in [-0.15, -0.1) is 0 Å². The highest BCUT2D eigenvalue weighted by Crippen LogP contribution is 2.34. The highest BCUT2D eigenvalue weighted by Gasteiger charge is 2.43. The predicted molar refractivity (Wildman–Crippen MR) is 86.6 cm³/mol. The lowest BCUT2D eigenvalue weighted by Crippen LogP contribution is -2.47. The van der Waals surface area contributed by atoms with Crippen LogP contribution in [0.2, 0.25) is 0 Å². The largest absolute Gasteiger partial charge is 0.381 e. The molecule has 1 unspecified atom stereocenters. The maximum Gasteiger partial charge on any atom is 0.0813 e. The van der Waals surface area contributed by atoms with Crippen molar-refractivity contribution in [3.63, 3.8) is 0 Å². The van der Waals surface area contributed by atoms with Gasteiger partial charge in [0, 0.05) is 45.1 Å². The zero-order chi connectivity index (χ0) is 15.5. The van der Waals surface area contributed by atoms with E-state index in [2.05, 4.69) is 4.90 Å². The van der Waals surface area contributed by atoms with E-state index in [1.807, 2.05) is 0 Å². The number of hydrogen-bond donors (Lipinski definition) is 0. The van der Waals surface area contributed by atoms with Crippen LogP contribution in [0.1, 0.15) is 38.5 Å². The molecule has 132 valence electrons. The fourth-order valence-corrected chi connectivity index (χ4v) is 4.67. The van der Waals surface area contributed by atoms with Crippen molar-refractivity contribution in [1.82, 2.24) is 4.90 Å². The lowest BCUT2D eigenvalue weighted by Gasteiger charge is -2.38. The zero-order valence-electron chi connectivity index (χ0n) is 14.2. The maximum absolute atomic E-state index is 6.36. The summed E-state index contributed by atoms with van der Waals surface area (Å²) in [7, 11) is 0. The third-order valence-electron chi connectivity index (χ3n) is 6.05. The minimum absolute atomic E-state index is 0.302. The first-order chi connectivity index (χ1) is 11.4. The van der Waals surface area contributed by atoms with Gasteiger partial charge in [0.2, 0.25) is 0 Å². The van der Waals surface area contributed by atoms with Crippen molar-refractivity contribution in [3.8, 4) is 0 Å². The van der Waals surface area contributed by atoms with Gasteiger partial charge in [-0.3, -0.25) is 4.90 Å². The third-order valence-corrected chi connectivity index (χ3v) is 6.05. The Kier molecular flexibility index (Phi) is 5.51. The van der Waals surface area contributed by atoms with Crippen molar-refractivity contribution in [2.24, 2.45) is 5.92 Å². The van der Waals surface area contributed by atoms with Crippen LogP contribution in [0.25, 0.3) is 0 Å². The molecule has 4 saturated heterocycles. The average molecular weight is 325 g/mol. The van der Waals surface area contributed by atoms with Crippen molar-refractivity contribution in [2.75, 3.05) is 46.2 Å². The van der Waals surface area contributed by atoms with Gasteiger partial charge in [0.15, 0.2) is 0 Å². The zero-order valence-corrected chi connectivity index (χ0v) is 14.2. The van der Waals surface area contributed by atoms with Crippen LogP contribution >= 0.6 is 0 Å². The number of rotatable bonds is 5. The predicted octanol–water partition coefficient (Wildman–Crippen LogP) is 1.84. The van der Waals surface area contributed by atoms with Gasteiger partial charge in [0.25, 0.3) is 0 Å². The van der Waals surface area contributed by atoms with E-state index in [4.69, 9.17) is 18.9 Å².